The lowest BCUT2D eigenvalue weighted by atomic mass is 10.1. The van der Waals surface area contributed by atoms with E-state index in [-0.39, 0.29) is 11.8 Å². The molecule has 0 aliphatic carbocycles. The highest BCUT2D eigenvalue weighted by Crippen LogP contribution is 2.36. The van der Waals surface area contributed by atoms with Gasteiger partial charge in [-0.05, 0) is 55.2 Å². The molecule has 0 saturated heterocycles. The van der Waals surface area contributed by atoms with Crippen molar-refractivity contribution in [2.24, 2.45) is 0 Å². The Hall–Kier alpha value is -3.29. The summed E-state index contributed by atoms with van der Waals surface area (Å²) in [6.07, 6.45) is 2.15. The van der Waals surface area contributed by atoms with E-state index in [0.717, 1.165) is 56.0 Å². The molecule has 0 bridgehead atoms. The number of benzene rings is 2. The molecule has 0 radical (unpaired) electrons. The van der Waals surface area contributed by atoms with Gasteiger partial charge in [-0.2, -0.15) is 18.2 Å². The van der Waals surface area contributed by atoms with Gasteiger partial charge in [0.1, 0.15) is 17.1 Å². The average Bonchev–Trinajstić information content (AvgIpc) is 2.82. The number of hydrogen-bond donors (Lipinski definition) is 2. The average molecular weight is 473 g/mol. The number of alkyl halides is 3. The molecule has 3 rings (SSSR count). The van der Waals surface area contributed by atoms with E-state index in [1.807, 2.05) is 24.3 Å². The van der Waals surface area contributed by atoms with E-state index in [0.29, 0.717) is 18.0 Å². The minimum absolute atomic E-state index is 0.0677. The van der Waals surface area contributed by atoms with Gasteiger partial charge in [-0.1, -0.05) is 51.3 Å². The van der Waals surface area contributed by atoms with Gasteiger partial charge in [-0.3, -0.25) is 0 Å². The first-order valence-electron chi connectivity index (χ1n) is 11.7. The SMILES string of the molecule is CCCCCOc1ccc(Nc2ncc(C(F)(F)F)c(Nc3ccccc3CCCC)n2)cc1. The Morgan fingerprint density at radius 2 is 1.62 bits per heavy atom. The molecule has 8 heteroatoms. The van der Waals surface area contributed by atoms with Crippen LogP contribution in [0.3, 0.4) is 0 Å². The molecule has 1 heterocycles. The van der Waals surface area contributed by atoms with Crippen LogP contribution in [0.4, 0.5) is 36.3 Å². The predicted molar refractivity (Wildman–Crippen MR) is 130 cm³/mol. The zero-order chi connectivity index (χ0) is 24.4. The van der Waals surface area contributed by atoms with E-state index in [1.165, 1.54) is 0 Å². The molecule has 3 aromatic rings. The van der Waals surface area contributed by atoms with Crippen molar-refractivity contribution in [1.29, 1.82) is 0 Å². The number of hydrogen-bond acceptors (Lipinski definition) is 5. The number of ether oxygens (including phenoxy) is 1. The summed E-state index contributed by atoms with van der Waals surface area (Å²) in [4.78, 5) is 8.05. The van der Waals surface area contributed by atoms with Crippen LogP contribution in [0.15, 0.2) is 54.7 Å². The largest absolute Gasteiger partial charge is 0.494 e. The molecule has 0 spiro atoms. The minimum Gasteiger partial charge on any atom is -0.494 e. The van der Waals surface area contributed by atoms with Crippen LogP contribution in [0.25, 0.3) is 0 Å². The van der Waals surface area contributed by atoms with Crippen molar-refractivity contribution < 1.29 is 17.9 Å². The third kappa shape index (κ3) is 7.37. The van der Waals surface area contributed by atoms with Crippen LogP contribution in [0.1, 0.15) is 57.1 Å². The molecule has 0 atom stereocenters. The molecule has 0 aliphatic rings. The number of para-hydroxylation sites is 1. The van der Waals surface area contributed by atoms with Gasteiger partial charge in [0, 0.05) is 17.6 Å². The first kappa shape index (κ1) is 25.3. The molecule has 0 amide bonds. The van der Waals surface area contributed by atoms with Gasteiger partial charge in [0.05, 0.1) is 6.61 Å². The molecule has 2 N–H and O–H groups in total. The number of nitrogens with zero attached hydrogens (tertiary/aromatic N) is 2. The number of nitrogens with one attached hydrogen (secondary N) is 2. The lowest BCUT2D eigenvalue weighted by molar-refractivity contribution is -0.137. The maximum atomic E-state index is 13.7. The van der Waals surface area contributed by atoms with E-state index < -0.39 is 11.7 Å². The molecule has 0 aliphatic heterocycles. The van der Waals surface area contributed by atoms with Gasteiger partial charge >= 0.3 is 6.18 Å². The fourth-order valence-electron chi connectivity index (χ4n) is 3.41. The van der Waals surface area contributed by atoms with Crippen LogP contribution < -0.4 is 15.4 Å². The number of anilines is 4. The van der Waals surface area contributed by atoms with E-state index >= 15 is 0 Å². The predicted octanol–water partition coefficient (Wildman–Crippen LogP) is 7.89. The van der Waals surface area contributed by atoms with Gasteiger partial charge in [0.2, 0.25) is 5.95 Å². The highest BCUT2D eigenvalue weighted by molar-refractivity contribution is 5.65. The number of aryl methyl sites for hydroxylation is 1. The summed E-state index contributed by atoms with van der Waals surface area (Å²) < 4.78 is 46.7. The van der Waals surface area contributed by atoms with Crippen molar-refractivity contribution in [2.75, 3.05) is 17.2 Å². The summed E-state index contributed by atoms with van der Waals surface area (Å²) in [7, 11) is 0. The highest BCUT2D eigenvalue weighted by atomic mass is 19.4. The maximum Gasteiger partial charge on any atom is 0.421 e. The lowest BCUT2D eigenvalue weighted by Gasteiger charge is -2.17. The van der Waals surface area contributed by atoms with Crippen LogP contribution in [0, 0.1) is 0 Å². The second-order valence-corrected chi connectivity index (χ2v) is 8.04. The normalized spacial score (nSPS) is 11.3. The van der Waals surface area contributed by atoms with Crippen molar-refractivity contribution in [3.8, 4) is 5.75 Å². The Morgan fingerprint density at radius 3 is 2.32 bits per heavy atom. The van der Waals surface area contributed by atoms with Crippen molar-refractivity contribution in [2.45, 2.75) is 58.5 Å². The molecular formula is C26H31F3N4O. The standard InChI is InChI=1S/C26H31F3N4O/c1-3-5-9-17-34-21-15-13-20(14-16-21)31-25-30-18-22(26(27,28)29)24(33-25)32-23-12-8-7-11-19(23)10-6-4-2/h7-8,11-16,18H,3-6,9-10,17H2,1-2H3,(H2,30,31,32,33). The van der Waals surface area contributed by atoms with Crippen LogP contribution in [-0.4, -0.2) is 16.6 Å². The Morgan fingerprint density at radius 1 is 0.882 bits per heavy atom. The van der Waals surface area contributed by atoms with Crippen LogP contribution in [0.5, 0.6) is 5.75 Å². The molecular weight excluding hydrogens is 441 g/mol. The lowest BCUT2D eigenvalue weighted by Crippen LogP contribution is -2.13. The Labute approximate surface area is 198 Å². The van der Waals surface area contributed by atoms with Crippen molar-refractivity contribution >= 4 is 23.1 Å². The third-order valence-electron chi connectivity index (χ3n) is 5.29. The zero-order valence-corrected chi connectivity index (χ0v) is 19.6. The van der Waals surface area contributed by atoms with Crippen LogP contribution in [0.2, 0.25) is 0 Å². The van der Waals surface area contributed by atoms with E-state index in [2.05, 4.69) is 34.4 Å². The first-order chi connectivity index (χ1) is 16.4. The Kier molecular flexibility index (Phi) is 9.13. The van der Waals surface area contributed by atoms with Gasteiger partial charge in [-0.15, -0.1) is 0 Å². The topological polar surface area (TPSA) is 59.1 Å². The maximum absolute atomic E-state index is 13.7. The molecule has 2 aromatic carbocycles. The monoisotopic (exact) mass is 472 g/mol. The summed E-state index contributed by atoms with van der Waals surface area (Å²) in [6.45, 7) is 4.86. The van der Waals surface area contributed by atoms with Gasteiger partial charge in [0.25, 0.3) is 0 Å². The first-order valence-corrected chi connectivity index (χ1v) is 11.7. The second-order valence-electron chi connectivity index (χ2n) is 8.04. The summed E-state index contributed by atoms with van der Waals surface area (Å²) in [6, 6.07) is 14.5. The van der Waals surface area contributed by atoms with Crippen molar-refractivity contribution in [3.63, 3.8) is 0 Å². The fourth-order valence-corrected chi connectivity index (χ4v) is 3.41. The van der Waals surface area contributed by atoms with Crippen LogP contribution >= 0.6 is 0 Å². The summed E-state index contributed by atoms with van der Waals surface area (Å²) in [5.41, 5.74) is 1.28. The Bertz CT molecular complexity index is 1040. The summed E-state index contributed by atoms with van der Waals surface area (Å²) >= 11 is 0. The molecule has 5 nitrogen and oxygen atoms in total. The van der Waals surface area contributed by atoms with E-state index in [1.54, 1.807) is 24.3 Å². The number of unbranched alkanes of at least 4 members (excludes halogenated alkanes) is 3. The van der Waals surface area contributed by atoms with Crippen molar-refractivity contribution in [3.05, 3.63) is 65.9 Å². The van der Waals surface area contributed by atoms with E-state index in [9.17, 15) is 13.2 Å². The second kappa shape index (κ2) is 12.3. The minimum atomic E-state index is -4.59. The summed E-state index contributed by atoms with van der Waals surface area (Å²) in [5, 5.41) is 5.87. The van der Waals surface area contributed by atoms with Crippen LogP contribution in [-0.2, 0) is 12.6 Å². The molecule has 0 unspecified atom stereocenters. The molecule has 0 fully saturated rings. The number of aromatic nitrogens is 2. The molecule has 0 saturated carbocycles. The number of rotatable bonds is 12. The molecule has 1 aromatic heterocycles. The number of halogens is 3. The zero-order valence-electron chi connectivity index (χ0n) is 19.6. The molecule has 34 heavy (non-hydrogen) atoms. The van der Waals surface area contributed by atoms with Crippen molar-refractivity contribution in [1.82, 2.24) is 9.97 Å². The highest BCUT2D eigenvalue weighted by Gasteiger charge is 2.35. The van der Waals surface area contributed by atoms with Gasteiger partial charge in [-0.25, -0.2) is 4.98 Å². The quantitative estimate of drug-likeness (QED) is 0.262. The smallest absolute Gasteiger partial charge is 0.421 e. The Balaban J connectivity index is 1.78. The van der Waals surface area contributed by atoms with Gasteiger partial charge in [0.15, 0.2) is 0 Å². The van der Waals surface area contributed by atoms with Gasteiger partial charge < -0.3 is 15.4 Å². The third-order valence-corrected chi connectivity index (χ3v) is 5.29. The summed E-state index contributed by atoms with van der Waals surface area (Å²) in [5.74, 6) is 0.518. The molecule has 182 valence electrons. The fraction of sp³-hybridized carbons (Fsp3) is 0.385. The van der Waals surface area contributed by atoms with E-state index in [4.69, 9.17) is 4.74 Å².